The molecule has 0 spiro atoms. The molecule has 0 atom stereocenters. The van der Waals surface area contributed by atoms with E-state index in [9.17, 15) is 14.4 Å². The Kier molecular flexibility index (Phi) is 4.07. The number of methoxy groups -OCH3 is 1. The first-order valence-electron chi connectivity index (χ1n) is 6.40. The fraction of sp³-hybridized carbons (Fsp3) is 0.267. The highest BCUT2D eigenvalue weighted by atomic mass is 16.5. The number of hydrogen-bond acceptors (Lipinski definition) is 5. The van der Waals surface area contributed by atoms with E-state index in [1.165, 1.54) is 26.4 Å². The molecule has 6 heteroatoms. The first-order chi connectivity index (χ1) is 10.0. The standard InChI is InChI=1S/C15H15NO5/c1-4-21-8-12-11-6-5-10(15(19)20-3)7-13(11)16(9(2)17)14(12)18/h5-8H,4H2,1-3H3/b12-8+. The van der Waals surface area contributed by atoms with E-state index in [4.69, 9.17) is 4.74 Å². The van der Waals surface area contributed by atoms with Gasteiger partial charge in [0, 0.05) is 12.5 Å². The van der Waals surface area contributed by atoms with Crippen molar-refractivity contribution in [2.24, 2.45) is 0 Å². The Morgan fingerprint density at radius 3 is 2.62 bits per heavy atom. The minimum absolute atomic E-state index is 0.271. The van der Waals surface area contributed by atoms with Gasteiger partial charge in [-0.25, -0.2) is 9.69 Å². The van der Waals surface area contributed by atoms with E-state index in [1.54, 1.807) is 19.1 Å². The topological polar surface area (TPSA) is 72.9 Å². The molecule has 1 heterocycles. The summed E-state index contributed by atoms with van der Waals surface area (Å²) in [7, 11) is 1.27. The molecule has 0 N–H and O–H groups in total. The van der Waals surface area contributed by atoms with Gasteiger partial charge >= 0.3 is 5.97 Å². The van der Waals surface area contributed by atoms with E-state index < -0.39 is 17.8 Å². The minimum atomic E-state index is -0.531. The van der Waals surface area contributed by atoms with Crippen LogP contribution in [-0.4, -0.2) is 31.5 Å². The van der Waals surface area contributed by atoms with Gasteiger partial charge in [-0.05, 0) is 19.1 Å². The van der Waals surface area contributed by atoms with Crippen LogP contribution in [0.2, 0.25) is 0 Å². The molecule has 21 heavy (non-hydrogen) atoms. The number of hydrogen-bond donors (Lipinski definition) is 0. The van der Waals surface area contributed by atoms with Crippen LogP contribution in [-0.2, 0) is 19.1 Å². The number of rotatable bonds is 3. The lowest BCUT2D eigenvalue weighted by Gasteiger charge is -2.12. The molecule has 0 aliphatic carbocycles. The molecule has 1 aliphatic heterocycles. The van der Waals surface area contributed by atoms with Gasteiger partial charge in [0.15, 0.2) is 0 Å². The number of carbonyl (C=O) groups is 3. The highest BCUT2D eigenvalue weighted by Gasteiger charge is 2.36. The number of nitrogens with zero attached hydrogens (tertiary/aromatic N) is 1. The monoisotopic (exact) mass is 289 g/mol. The van der Waals surface area contributed by atoms with E-state index >= 15 is 0 Å². The number of imide groups is 1. The van der Waals surface area contributed by atoms with E-state index in [1.807, 2.05) is 0 Å². The Morgan fingerprint density at radius 2 is 2.05 bits per heavy atom. The second-order valence-corrected chi connectivity index (χ2v) is 4.37. The zero-order chi connectivity index (χ0) is 15.6. The quantitative estimate of drug-likeness (QED) is 0.481. The SMILES string of the molecule is CCO/C=C1/C(=O)N(C(C)=O)c2cc(C(=O)OC)ccc21. The summed E-state index contributed by atoms with van der Waals surface area (Å²) in [5.41, 5.74) is 1.48. The molecular formula is C15H15NO5. The third-order valence-corrected chi connectivity index (χ3v) is 3.07. The van der Waals surface area contributed by atoms with E-state index in [2.05, 4.69) is 4.74 Å². The fourth-order valence-corrected chi connectivity index (χ4v) is 2.13. The Balaban J connectivity index is 2.57. The van der Waals surface area contributed by atoms with Crippen LogP contribution < -0.4 is 4.90 Å². The van der Waals surface area contributed by atoms with Crippen molar-refractivity contribution >= 4 is 29.0 Å². The lowest BCUT2D eigenvalue weighted by molar-refractivity contribution is -0.122. The normalized spacial score (nSPS) is 15.1. The lowest BCUT2D eigenvalue weighted by atomic mass is 10.1. The van der Waals surface area contributed by atoms with Crippen LogP contribution in [0.15, 0.2) is 24.5 Å². The number of esters is 1. The number of ether oxygens (including phenoxy) is 2. The highest BCUT2D eigenvalue weighted by Crippen LogP contribution is 2.37. The molecular weight excluding hydrogens is 274 g/mol. The molecule has 1 aromatic carbocycles. The minimum Gasteiger partial charge on any atom is -0.501 e. The summed E-state index contributed by atoms with van der Waals surface area (Å²) >= 11 is 0. The van der Waals surface area contributed by atoms with Gasteiger partial charge in [0.25, 0.3) is 5.91 Å². The van der Waals surface area contributed by atoms with E-state index in [0.717, 1.165) is 4.90 Å². The first kappa shape index (κ1) is 14.8. The van der Waals surface area contributed by atoms with Gasteiger partial charge in [-0.2, -0.15) is 0 Å². The van der Waals surface area contributed by atoms with Gasteiger partial charge in [0.05, 0.1) is 36.8 Å². The molecule has 2 rings (SSSR count). The third-order valence-electron chi connectivity index (χ3n) is 3.07. The molecule has 0 unspecified atom stereocenters. The Labute approximate surface area is 121 Å². The maximum absolute atomic E-state index is 12.3. The average molecular weight is 289 g/mol. The van der Waals surface area contributed by atoms with E-state index in [-0.39, 0.29) is 5.56 Å². The lowest BCUT2D eigenvalue weighted by Crippen LogP contribution is -2.31. The van der Waals surface area contributed by atoms with Crippen LogP contribution in [0.3, 0.4) is 0 Å². The summed E-state index contributed by atoms with van der Waals surface area (Å²) in [5.74, 6) is -1.42. The summed E-state index contributed by atoms with van der Waals surface area (Å²) in [5, 5.41) is 0. The number of anilines is 1. The van der Waals surface area contributed by atoms with Gasteiger partial charge in [0.2, 0.25) is 5.91 Å². The predicted octanol–water partition coefficient (Wildman–Crippen LogP) is 1.74. The summed E-state index contributed by atoms with van der Waals surface area (Å²) in [6.07, 6.45) is 1.34. The largest absolute Gasteiger partial charge is 0.501 e. The maximum atomic E-state index is 12.3. The van der Waals surface area contributed by atoms with Gasteiger partial charge in [-0.3, -0.25) is 9.59 Å². The molecule has 0 radical (unpaired) electrons. The summed E-state index contributed by atoms with van der Waals surface area (Å²) in [6.45, 7) is 3.49. The van der Waals surface area contributed by atoms with Gasteiger partial charge < -0.3 is 9.47 Å². The zero-order valence-corrected chi connectivity index (χ0v) is 12.0. The maximum Gasteiger partial charge on any atom is 0.337 e. The Hall–Kier alpha value is -2.63. The van der Waals surface area contributed by atoms with Crippen molar-refractivity contribution in [1.29, 1.82) is 0 Å². The van der Waals surface area contributed by atoms with Crippen LogP contribution in [0.4, 0.5) is 5.69 Å². The predicted molar refractivity (Wildman–Crippen MR) is 75.6 cm³/mol. The summed E-state index contributed by atoms with van der Waals surface area (Å²) in [4.78, 5) is 36.6. The number of benzene rings is 1. The van der Waals surface area contributed by atoms with Gasteiger partial charge in [-0.1, -0.05) is 6.07 Å². The van der Waals surface area contributed by atoms with Crippen LogP contribution in [0, 0.1) is 0 Å². The number of carbonyl (C=O) groups excluding carboxylic acids is 3. The number of fused-ring (bicyclic) bond motifs is 1. The Bertz CT molecular complexity index is 647. The zero-order valence-electron chi connectivity index (χ0n) is 12.0. The van der Waals surface area contributed by atoms with Crippen molar-refractivity contribution in [3.8, 4) is 0 Å². The van der Waals surface area contributed by atoms with Crippen LogP contribution in [0.25, 0.3) is 5.57 Å². The molecule has 0 bridgehead atoms. The molecule has 6 nitrogen and oxygen atoms in total. The van der Waals surface area contributed by atoms with Crippen LogP contribution >= 0.6 is 0 Å². The fourth-order valence-electron chi connectivity index (χ4n) is 2.13. The second kappa shape index (κ2) is 5.78. The highest BCUT2D eigenvalue weighted by molar-refractivity contribution is 6.39. The molecule has 1 aliphatic rings. The molecule has 0 saturated heterocycles. The van der Waals surface area contributed by atoms with Crippen molar-refractivity contribution in [2.45, 2.75) is 13.8 Å². The molecule has 2 amide bonds. The van der Waals surface area contributed by atoms with Crippen molar-refractivity contribution in [1.82, 2.24) is 0 Å². The molecule has 1 aromatic rings. The van der Waals surface area contributed by atoms with Crippen molar-refractivity contribution in [3.63, 3.8) is 0 Å². The molecule has 0 saturated carbocycles. The Morgan fingerprint density at radius 1 is 1.33 bits per heavy atom. The number of amides is 2. The van der Waals surface area contributed by atoms with Crippen molar-refractivity contribution < 1.29 is 23.9 Å². The van der Waals surface area contributed by atoms with Crippen LogP contribution in [0.1, 0.15) is 29.8 Å². The summed E-state index contributed by atoms with van der Waals surface area (Å²) < 4.78 is 9.80. The smallest absolute Gasteiger partial charge is 0.337 e. The molecule has 0 fully saturated rings. The molecule has 110 valence electrons. The van der Waals surface area contributed by atoms with Gasteiger partial charge in [0.1, 0.15) is 0 Å². The van der Waals surface area contributed by atoms with Gasteiger partial charge in [-0.15, -0.1) is 0 Å². The summed E-state index contributed by atoms with van der Waals surface area (Å²) in [6, 6.07) is 4.61. The molecule has 0 aromatic heterocycles. The van der Waals surface area contributed by atoms with Crippen molar-refractivity contribution in [2.75, 3.05) is 18.6 Å². The third kappa shape index (κ3) is 2.52. The van der Waals surface area contributed by atoms with E-state index in [0.29, 0.717) is 23.4 Å². The first-order valence-corrected chi connectivity index (χ1v) is 6.40. The second-order valence-electron chi connectivity index (χ2n) is 4.37. The average Bonchev–Trinajstić information content (AvgIpc) is 2.75. The van der Waals surface area contributed by atoms with Crippen molar-refractivity contribution in [3.05, 3.63) is 35.6 Å². The van der Waals surface area contributed by atoms with Crippen LogP contribution in [0.5, 0.6) is 0 Å².